The quantitative estimate of drug-likeness (QED) is 0.326. The van der Waals surface area contributed by atoms with Gasteiger partial charge in [0.05, 0.1) is 17.3 Å². The number of hydrazone groups is 1. The van der Waals surface area contributed by atoms with Crippen molar-refractivity contribution < 1.29 is 13.6 Å². The molecule has 0 fully saturated rings. The molecule has 0 radical (unpaired) electrons. The van der Waals surface area contributed by atoms with E-state index in [4.69, 9.17) is 23.2 Å². The van der Waals surface area contributed by atoms with Crippen LogP contribution in [-0.4, -0.2) is 21.4 Å². The molecule has 1 aromatic heterocycles. The number of H-pyrrole nitrogens is 1. The van der Waals surface area contributed by atoms with E-state index >= 15 is 0 Å². The molecule has 3 aromatic carbocycles. The first-order valence-corrected chi connectivity index (χ1v) is 12.1. The van der Waals surface area contributed by atoms with Crippen LogP contribution in [-0.2, 0) is 4.79 Å². The molecule has 188 valence electrons. The second-order valence-electron chi connectivity index (χ2n) is 8.76. The zero-order valence-electron chi connectivity index (χ0n) is 19.7. The number of halogens is 4. The van der Waals surface area contributed by atoms with Crippen molar-refractivity contribution in [2.24, 2.45) is 11.0 Å². The third-order valence-corrected chi connectivity index (χ3v) is 6.96. The van der Waals surface area contributed by atoms with E-state index in [2.05, 4.69) is 10.2 Å². The van der Waals surface area contributed by atoms with Crippen molar-refractivity contribution in [3.05, 3.63) is 116 Å². The molecule has 2 atom stereocenters. The molecule has 1 aliphatic heterocycles. The lowest BCUT2D eigenvalue weighted by atomic mass is 9.78. The summed E-state index contributed by atoms with van der Waals surface area (Å²) in [5.41, 5.74) is 2.19. The number of carbonyl (C=O) groups is 1. The summed E-state index contributed by atoms with van der Waals surface area (Å²) in [6.07, 6.45) is 0. The molecule has 0 saturated heterocycles. The fourth-order valence-electron chi connectivity index (χ4n) is 4.68. The van der Waals surface area contributed by atoms with Crippen LogP contribution in [0.4, 0.5) is 14.5 Å². The Morgan fingerprint density at radius 3 is 2.08 bits per heavy atom. The normalized spacial score (nSPS) is 16.3. The molecule has 0 bridgehead atoms. The van der Waals surface area contributed by atoms with Crippen LogP contribution >= 0.6 is 23.2 Å². The van der Waals surface area contributed by atoms with Gasteiger partial charge in [0, 0.05) is 32.9 Å². The summed E-state index contributed by atoms with van der Waals surface area (Å²) in [4.78, 5) is 27.6. The predicted octanol–water partition coefficient (Wildman–Crippen LogP) is 6.23. The fourth-order valence-corrected chi connectivity index (χ4v) is 5.21. The van der Waals surface area contributed by atoms with Gasteiger partial charge in [-0.1, -0.05) is 29.3 Å². The molecule has 1 amide bonds. The fraction of sp³-hybridized carbons (Fsp3) is 0.148. The Labute approximate surface area is 220 Å². The minimum atomic E-state index is -0.882. The Morgan fingerprint density at radius 2 is 1.49 bits per heavy atom. The minimum Gasteiger partial charge on any atom is -0.295 e. The highest BCUT2D eigenvalue weighted by molar-refractivity contribution is 6.35. The number of aromatic nitrogens is 2. The number of amides is 1. The largest absolute Gasteiger partial charge is 0.295 e. The summed E-state index contributed by atoms with van der Waals surface area (Å²) >= 11 is 12.8. The van der Waals surface area contributed by atoms with Gasteiger partial charge in [0.1, 0.15) is 11.6 Å². The average molecular weight is 541 g/mol. The smallest absolute Gasteiger partial charge is 0.275 e. The molecule has 5 rings (SSSR count). The van der Waals surface area contributed by atoms with Crippen molar-refractivity contribution in [3.63, 3.8) is 0 Å². The molecule has 0 spiro atoms. The second-order valence-corrected chi connectivity index (χ2v) is 9.60. The van der Waals surface area contributed by atoms with Gasteiger partial charge < -0.3 is 0 Å². The monoisotopic (exact) mass is 540 g/mol. The Kier molecular flexibility index (Phi) is 6.47. The van der Waals surface area contributed by atoms with Crippen LogP contribution in [0.5, 0.6) is 0 Å². The number of carbonyl (C=O) groups excluding carboxylic acids is 1. The van der Waals surface area contributed by atoms with Crippen LogP contribution < -0.4 is 10.6 Å². The van der Waals surface area contributed by atoms with E-state index in [-0.39, 0.29) is 5.02 Å². The van der Waals surface area contributed by atoms with E-state index in [1.54, 1.807) is 32.0 Å². The number of aryl methyl sites for hydroxylation is 1. The van der Waals surface area contributed by atoms with Crippen molar-refractivity contribution in [2.45, 2.75) is 19.8 Å². The maximum absolute atomic E-state index is 13.8. The first-order valence-electron chi connectivity index (χ1n) is 11.3. The van der Waals surface area contributed by atoms with Gasteiger partial charge in [-0.3, -0.25) is 14.7 Å². The molecule has 1 aliphatic rings. The number of nitrogens with zero attached hydrogens (tertiary/aromatic N) is 3. The molecule has 0 saturated carbocycles. The zero-order valence-corrected chi connectivity index (χ0v) is 21.2. The molecule has 4 aromatic rings. The van der Waals surface area contributed by atoms with E-state index in [1.165, 1.54) is 58.2 Å². The summed E-state index contributed by atoms with van der Waals surface area (Å²) in [7, 11) is 0. The first-order chi connectivity index (χ1) is 17.7. The van der Waals surface area contributed by atoms with Crippen molar-refractivity contribution in [2.75, 3.05) is 5.01 Å². The van der Waals surface area contributed by atoms with Gasteiger partial charge in [0.25, 0.3) is 11.5 Å². The van der Waals surface area contributed by atoms with Crippen LogP contribution in [0.25, 0.3) is 5.69 Å². The van der Waals surface area contributed by atoms with Crippen molar-refractivity contribution in [3.8, 4) is 5.69 Å². The lowest BCUT2D eigenvalue weighted by molar-refractivity contribution is -0.120. The summed E-state index contributed by atoms with van der Waals surface area (Å²) in [5, 5.41) is 9.38. The van der Waals surface area contributed by atoms with E-state index in [0.29, 0.717) is 38.9 Å². The zero-order chi connectivity index (χ0) is 26.4. The van der Waals surface area contributed by atoms with Gasteiger partial charge in [-0.2, -0.15) is 5.10 Å². The lowest BCUT2D eigenvalue weighted by Gasteiger charge is -2.24. The van der Waals surface area contributed by atoms with Gasteiger partial charge >= 0.3 is 0 Å². The summed E-state index contributed by atoms with van der Waals surface area (Å²) in [6, 6.07) is 15.7. The number of hydrogen-bond acceptors (Lipinski definition) is 3. The molecule has 10 heteroatoms. The lowest BCUT2D eigenvalue weighted by Crippen LogP contribution is -2.34. The maximum atomic E-state index is 13.8. The highest BCUT2D eigenvalue weighted by Gasteiger charge is 2.44. The van der Waals surface area contributed by atoms with Crippen molar-refractivity contribution >= 4 is 40.5 Å². The maximum Gasteiger partial charge on any atom is 0.275 e. The Morgan fingerprint density at radius 1 is 0.892 bits per heavy atom. The SMILES string of the molecule is CC1=NN(c2ccc(F)cc2)C(=O)[C@@H]1[C@@H](c1ccc(Cl)cc1Cl)c1c(C)[nH]n(-c2ccc(F)cc2)c1=O. The van der Waals surface area contributed by atoms with Crippen LogP contribution in [0.1, 0.15) is 29.7 Å². The van der Waals surface area contributed by atoms with Crippen LogP contribution in [0.2, 0.25) is 10.0 Å². The van der Waals surface area contributed by atoms with E-state index in [0.717, 1.165) is 0 Å². The Balaban J connectivity index is 1.68. The first kappa shape index (κ1) is 24.9. The third-order valence-electron chi connectivity index (χ3n) is 6.40. The van der Waals surface area contributed by atoms with E-state index in [9.17, 15) is 18.4 Å². The minimum absolute atomic E-state index is 0.284. The average Bonchev–Trinajstić information content (AvgIpc) is 3.32. The van der Waals surface area contributed by atoms with Crippen LogP contribution in [0, 0.1) is 24.5 Å². The Bertz CT molecular complexity index is 1590. The molecular weight excluding hydrogens is 521 g/mol. The highest BCUT2D eigenvalue weighted by Crippen LogP contribution is 2.41. The number of nitrogens with one attached hydrogen (secondary N) is 1. The summed E-state index contributed by atoms with van der Waals surface area (Å²) in [6.45, 7) is 3.42. The number of benzene rings is 3. The standard InChI is InChI=1S/C27H20Cl2F2N4O2/c1-14-23(26(36)34(32-14)19-8-4-17(30)5-9-19)25(21-12-3-16(28)13-22(21)29)24-15(2)33-35(27(24)37)20-10-6-18(31)7-11-20/h3-13,23,25,33H,1-2H3/t23-,25+/m0/s1. The van der Waals surface area contributed by atoms with Gasteiger partial charge in [-0.15, -0.1) is 0 Å². The van der Waals surface area contributed by atoms with Gasteiger partial charge in [-0.05, 0) is 80.1 Å². The molecule has 6 nitrogen and oxygen atoms in total. The van der Waals surface area contributed by atoms with Crippen molar-refractivity contribution in [1.29, 1.82) is 0 Å². The molecule has 0 unspecified atom stereocenters. The molecular formula is C27H20Cl2F2N4O2. The van der Waals surface area contributed by atoms with Crippen LogP contribution in [0.15, 0.2) is 76.6 Å². The second kappa shape index (κ2) is 9.61. The Hall–Kier alpha value is -3.75. The highest BCUT2D eigenvalue weighted by atomic mass is 35.5. The van der Waals surface area contributed by atoms with Gasteiger partial charge in [0.15, 0.2) is 0 Å². The van der Waals surface area contributed by atoms with E-state index < -0.39 is 34.9 Å². The number of rotatable bonds is 5. The third kappa shape index (κ3) is 4.47. The molecule has 2 heterocycles. The number of anilines is 1. The predicted molar refractivity (Wildman–Crippen MR) is 140 cm³/mol. The van der Waals surface area contributed by atoms with Gasteiger partial charge in [0.2, 0.25) is 0 Å². The molecule has 1 N–H and O–H groups in total. The van der Waals surface area contributed by atoms with E-state index in [1.807, 2.05) is 0 Å². The topological polar surface area (TPSA) is 70.5 Å². The summed E-state index contributed by atoms with van der Waals surface area (Å²) in [5.74, 6) is -2.98. The number of aromatic amines is 1. The molecule has 0 aliphatic carbocycles. The number of hydrogen-bond donors (Lipinski definition) is 1. The van der Waals surface area contributed by atoms with Gasteiger partial charge in [-0.25, -0.2) is 18.5 Å². The van der Waals surface area contributed by atoms with Crippen LogP contribution in [0.3, 0.4) is 0 Å². The molecule has 37 heavy (non-hydrogen) atoms. The van der Waals surface area contributed by atoms with Crippen molar-refractivity contribution in [1.82, 2.24) is 9.78 Å². The summed E-state index contributed by atoms with van der Waals surface area (Å²) < 4.78 is 28.3.